The van der Waals surface area contributed by atoms with Crippen molar-refractivity contribution in [3.05, 3.63) is 174 Å². The quantitative estimate of drug-likeness (QED) is 0.192. The molecule has 6 aromatic rings. The van der Waals surface area contributed by atoms with Gasteiger partial charge in [-0.05, 0) is 98.5 Å². The molecule has 0 bridgehead atoms. The first-order chi connectivity index (χ1) is 22.3. The summed E-state index contributed by atoms with van der Waals surface area (Å²) in [6, 6.07) is 55.9. The lowest BCUT2D eigenvalue weighted by Gasteiger charge is -2.32. The summed E-state index contributed by atoms with van der Waals surface area (Å²) in [5, 5.41) is 0. The average molecular weight is 596 g/mol. The summed E-state index contributed by atoms with van der Waals surface area (Å²) in [6.07, 6.45) is 2.24. The molecule has 1 nitrogen and oxygen atoms in total. The fraction of sp³-hybridized carbons (Fsp3) is 0.200. The van der Waals surface area contributed by atoms with Crippen LogP contribution in [0.1, 0.15) is 62.8 Å². The van der Waals surface area contributed by atoms with E-state index in [0.717, 1.165) is 12.8 Å². The molecule has 0 fully saturated rings. The molecule has 0 radical (unpaired) electrons. The van der Waals surface area contributed by atoms with Crippen LogP contribution >= 0.6 is 0 Å². The van der Waals surface area contributed by atoms with Gasteiger partial charge in [-0.2, -0.15) is 0 Å². The van der Waals surface area contributed by atoms with Crippen molar-refractivity contribution in [3.8, 4) is 22.3 Å². The van der Waals surface area contributed by atoms with Gasteiger partial charge in [0.1, 0.15) is 0 Å². The van der Waals surface area contributed by atoms with E-state index in [4.69, 9.17) is 0 Å². The minimum atomic E-state index is -0.0152. The molecule has 0 saturated heterocycles. The summed E-state index contributed by atoms with van der Waals surface area (Å²) in [7, 11) is 0. The van der Waals surface area contributed by atoms with Gasteiger partial charge in [-0.15, -0.1) is 0 Å². The Kier molecular flexibility index (Phi) is 6.58. The second-order valence-corrected chi connectivity index (χ2v) is 14.6. The molecule has 46 heavy (non-hydrogen) atoms. The largest absolute Gasteiger partial charge is 0.310 e. The van der Waals surface area contributed by atoms with Gasteiger partial charge >= 0.3 is 0 Å². The number of fused-ring (bicyclic) bond motifs is 4. The van der Waals surface area contributed by atoms with Crippen LogP contribution in [-0.2, 0) is 16.2 Å². The molecule has 8 rings (SSSR count). The van der Waals surface area contributed by atoms with Crippen molar-refractivity contribution in [1.29, 1.82) is 0 Å². The first-order valence-electron chi connectivity index (χ1n) is 16.6. The zero-order valence-electron chi connectivity index (χ0n) is 27.3. The molecule has 0 amide bonds. The van der Waals surface area contributed by atoms with Gasteiger partial charge in [-0.1, -0.05) is 149 Å². The number of hydrogen-bond donors (Lipinski definition) is 0. The predicted octanol–water partition coefficient (Wildman–Crippen LogP) is 12.1. The summed E-state index contributed by atoms with van der Waals surface area (Å²) in [5.41, 5.74) is 14.6. The summed E-state index contributed by atoms with van der Waals surface area (Å²) >= 11 is 0. The highest BCUT2D eigenvalue weighted by molar-refractivity contribution is 5.84. The highest BCUT2D eigenvalue weighted by Crippen LogP contribution is 2.64. The lowest BCUT2D eigenvalue weighted by molar-refractivity contribution is 0.350. The monoisotopic (exact) mass is 595 g/mol. The molecule has 2 aliphatic carbocycles. The number of nitrogens with zero attached hydrogens (tertiary/aromatic N) is 1. The van der Waals surface area contributed by atoms with Gasteiger partial charge in [0.15, 0.2) is 0 Å². The van der Waals surface area contributed by atoms with Gasteiger partial charge in [0.25, 0.3) is 0 Å². The van der Waals surface area contributed by atoms with Crippen LogP contribution in [0.15, 0.2) is 152 Å². The van der Waals surface area contributed by atoms with Crippen LogP contribution < -0.4 is 4.90 Å². The SMILES string of the molecule is CC1(C)CC2(CC(C)(C)c3c(N(c4ccc(-c5ccccc5)cc4)c4cccc(-c5ccccc5)c4)cccc32)c2ccccc21. The van der Waals surface area contributed by atoms with Crippen molar-refractivity contribution in [2.24, 2.45) is 0 Å². The smallest absolute Gasteiger partial charge is 0.0502 e. The maximum Gasteiger partial charge on any atom is 0.0502 e. The molecule has 2 aliphatic rings. The van der Waals surface area contributed by atoms with Crippen LogP contribution in [0.4, 0.5) is 17.1 Å². The third-order valence-corrected chi connectivity index (χ3v) is 10.6. The zero-order chi connectivity index (χ0) is 31.5. The second-order valence-electron chi connectivity index (χ2n) is 14.6. The van der Waals surface area contributed by atoms with E-state index in [2.05, 4.69) is 184 Å². The maximum atomic E-state index is 2.51. The van der Waals surface area contributed by atoms with E-state index in [-0.39, 0.29) is 16.2 Å². The third-order valence-electron chi connectivity index (χ3n) is 10.6. The van der Waals surface area contributed by atoms with E-state index in [9.17, 15) is 0 Å². The summed E-state index contributed by atoms with van der Waals surface area (Å²) in [4.78, 5) is 2.51. The lowest BCUT2D eigenvalue weighted by Crippen LogP contribution is -2.26. The van der Waals surface area contributed by atoms with E-state index in [0.29, 0.717) is 0 Å². The van der Waals surface area contributed by atoms with Gasteiger partial charge in [-0.3, -0.25) is 0 Å². The van der Waals surface area contributed by atoms with Crippen molar-refractivity contribution in [3.63, 3.8) is 0 Å². The Balaban J connectivity index is 1.34. The van der Waals surface area contributed by atoms with Crippen LogP contribution in [0.2, 0.25) is 0 Å². The standard InChI is InChI=1S/C45H41N/c1-43(2)30-45(39-22-12-11-21-38(39)43)31-44(3,4)42-40(45)23-14-24-41(42)46(36-27-25-34(26-28-36)32-15-7-5-8-16-32)37-20-13-19-35(29-37)33-17-9-6-10-18-33/h5-29H,30-31H2,1-4H3. The van der Waals surface area contributed by atoms with Crippen LogP contribution in [0.25, 0.3) is 22.3 Å². The van der Waals surface area contributed by atoms with Crippen LogP contribution in [0.5, 0.6) is 0 Å². The van der Waals surface area contributed by atoms with Crippen LogP contribution in [0, 0.1) is 0 Å². The van der Waals surface area contributed by atoms with Gasteiger partial charge in [-0.25, -0.2) is 0 Å². The summed E-state index contributed by atoms with van der Waals surface area (Å²) < 4.78 is 0. The topological polar surface area (TPSA) is 3.24 Å². The van der Waals surface area contributed by atoms with E-state index in [1.807, 2.05) is 0 Å². The highest BCUT2D eigenvalue weighted by atomic mass is 15.1. The fourth-order valence-corrected chi connectivity index (χ4v) is 8.92. The Morgan fingerprint density at radius 3 is 1.63 bits per heavy atom. The molecule has 0 aromatic heterocycles. The molecule has 1 unspecified atom stereocenters. The molecule has 1 heteroatoms. The Morgan fingerprint density at radius 1 is 0.413 bits per heavy atom. The zero-order valence-corrected chi connectivity index (χ0v) is 27.3. The molecule has 0 saturated carbocycles. The maximum absolute atomic E-state index is 2.51. The minimum absolute atomic E-state index is 0.00363. The number of hydrogen-bond acceptors (Lipinski definition) is 1. The molecular weight excluding hydrogens is 555 g/mol. The van der Waals surface area contributed by atoms with Crippen molar-refractivity contribution >= 4 is 17.1 Å². The summed E-state index contributed by atoms with van der Waals surface area (Å²) in [5.74, 6) is 0. The van der Waals surface area contributed by atoms with Gasteiger partial charge < -0.3 is 4.90 Å². The molecule has 0 heterocycles. The van der Waals surface area contributed by atoms with Gasteiger partial charge in [0.05, 0.1) is 5.69 Å². The van der Waals surface area contributed by atoms with Crippen molar-refractivity contribution in [2.45, 2.75) is 56.8 Å². The Hall–Kier alpha value is -4.88. The molecule has 1 spiro atoms. The minimum Gasteiger partial charge on any atom is -0.310 e. The van der Waals surface area contributed by atoms with E-state index in [1.54, 1.807) is 0 Å². The Bertz CT molecular complexity index is 2040. The van der Waals surface area contributed by atoms with Gasteiger partial charge in [0, 0.05) is 16.8 Å². The number of anilines is 3. The first-order valence-corrected chi connectivity index (χ1v) is 16.6. The summed E-state index contributed by atoms with van der Waals surface area (Å²) in [6.45, 7) is 9.81. The third kappa shape index (κ3) is 4.52. The molecular formula is C45H41N. The Labute approximate surface area is 274 Å². The predicted molar refractivity (Wildman–Crippen MR) is 195 cm³/mol. The second kappa shape index (κ2) is 10.6. The van der Waals surface area contributed by atoms with Gasteiger partial charge in [0.2, 0.25) is 0 Å². The van der Waals surface area contributed by atoms with Crippen molar-refractivity contribution in [1.82, 2.24) is 0 Å². The van der Waals surface area contributed by atoms with Crippen molar-refractivity contribution in [2.75, 3.05) is 4.90 Å². The van der Waals surface area contributed by atoms with E-state index in [1.165, 1.54) is 61.6 Å². The molecule has 1 atom stereocenters. The average Bonchev–Trinajstić information content (AvgIpc) is 3.46. The van der Waals surface area contributed by atoms with Crippen LogP contribution in [0.3, 0.4) is 0 Å². The number of rotatable bonds is 5. The van der Waals surface area contributed by atoms with Crippen molar-refractivity contribution < 1.29 is 0 Å². The molecule has 0 aliphatic heterocycles. The first kappa shape index (κ1) is 28.6. The molecule has 226 valence electrons. The highest BCUT2D eigenvalue weighted by Gasteiger charge is 2.56. The Morgan fingerprint density at radius 2 is 0.935 bits per heavy atom. The fourth-order valence-electron chi connectivity index (χ4n) is 8.92. The van der Waals surface area contributed by atoms with E-state index < -0.39 is 0 Å². The van der Waals surface area contributed by atoms with E-state index >= 15 is 0 Å². The molecule has 0 N–H and O–H groups in total. The normalized spacial score (nSPS) is 18.7. The lowest BCUT2D eigenvalue weighted by atomic mass is 9.72. The number of benzene rings is 6. The molecule has 6 aromatic carbocycles. The van der Waals surface area contributed by atoms with Crippen LogP contribution in [-0.4, -0.2) is 0 Å².